The lowest BCUT2D eigenvalue weighted by atomic mass is 10.1. The van der Waals surface area contributed by atoms with Crippen molar-refractivity contribution in [1.29, 1.82) is 0 Å². The summed E-state index contributed by atoms with van der Waals surface area (Å²) in [5.74, 6) is -0.310. The molecule has 3 nitrogen and oxygen atoms in total. The lowest BCUT2D eigenvalue weighted by molar-refractivity contribution is -0.114. The van der Waals surface area contributed by atoms with Crippen molar-refractivity contribution in [2.75, 3.05) is 13.6 Å². The highest BCUT2D eigenvalue weighted by Gasteiger charge is 2.18. The van der Waals surface area contributed by atoms with Crippen molar-refractivity contribution in [3.05, 3.63) is 11.6 Å². The molecule has 1 atom stereocenters. The number of likely N-dealkylation sites (N-methyl/N-ethyl adjacent to an activating group) is 1. The largest absolute Gasteiger partial charge is 0.366 e. The van der Waals surface area contributed by atoms with Gasteiger partial charge in [0, 0.05) is 11.6 Å². The Morgan fingerprint density at radius 1 is 1.67 bits per heavy atom. The number of carbonyl (C=O) groups excluding carboxylic acids is 1. The number of nitrogens with two attached hydrogens (primary N) is 1. The standard InChI is InChI=1S/C9H16N2O/c1-7(9(10)12)6-8-4-3-5-11(8)2/h6,8H,3-5H2,1-2H3,(H2,10,12)/b7-6+. The molecule has 0 aliphatic carbocycles. The summed E-state index contributed by atoms with van der Waals surface area (Å²) in [7, 11) is 2.07. The molecule has 0 aromatic carbocycles. The van der Waals surface area contributed by atoms with Gasteiger partial charge >= 0.3 is 0 Å². The molecule has 0 radical (unpaired) electrons. The smallest absolute Gasteiger partial charge is 0.244 e. The van der Waals surface area contributed by atoms with E-state index in [1.54, 1.807) is 6.92 Å². The van der Waals surface area contributed by atoms with Crippen molar-refractivity contribution < 1.29 is 4.79 Å². The average molecular weight is 168 g/mol. The number of likely N-dealkylation sites (tertiary alicyclic amines) is 1. The molecule has 2 N–H and O–H groups in total. The molecule has 0 saturated carbocycles. The summed E-state index contributed by atoms with van der Waals surface area (Å²) < 4.78 is 0. The van der Waals surface area contributed by atoms with Gasteiger partial charge < -0.3 is 5.73 Å². The van der Waals surface area contributed by atoms with E-state index in [0.717, 1.165) is 13.0 Å². The van der Waals surface area contributed by atoms with Crippen LogP contribution in [-0.4, -0.2) is 30.4 Å². The van der Waals surface area contributed by atoms with Gasteiger partial charge in [0.2, 0.25) is 5.91 Å². The molecule has 1 aliphatic rings. The number of nitrogens with zero attached hydrogens (tertiary/aromatic N) is 1. The molecule has 1 heterocycles. The fraction of sp³-hybridized carbons (Fsp3) is 0.667. The van der Waals surface area contributed by atoms with E-state index >= 15 is 0 Å². The predicted molar refractivity (Wildman–Crippen MR) is 48.6 cm³/mol. The Hall–Kier alpha value is -0.830. The van der Waals surface area contributed by atoms with Gasteiger partial charge in [0.15, 0.2) is 0 Å². The van der Waals surface area contributed by atoms with Crippen LogP contribution in [0.3, 0.4) is 0 Å². The Balaban J connectivity index is 2.59. The van der Waals surface area contributed by atoms with Gasteiger partial charge in [-0.3, -0.25) is 9.69 Å². The summed E-state index contributed by atoms with van der Waals surface area (Å²) in [6.45, 7) is 2.89. The van der Waals surface area contributed by atoms with Crippen LogP contribution in [0.25, 0.3) is 0 Å². The maximum atomic E-state index is 10.7. The molecule has 0 bridgehead atoms. The van der Waals surface area contributed by atoms with E-state index in [1.165, 1.54) is 6.42 Å². The third-order valence-electron chi connectivity index (χ3n) is 2.41. The van der Waals surface area contributed by atoms with Gasteiger partial charge in [-0.25, -0.2) is 0 Å². The van der Waals surface area contributed by atoms with Gasteiger partial charge in [0.1, 0.15) is 0 Å². The Morgan fingerprint density at radius 2 is 2.33 bits per heavy atom. The molecule has 1 unspecified atom stereocenters. The van der Waals surface area contributed by atoms with Crippen molar-refractivity contribution in [3.8, 4) is 0 Å². The van der Waals surface area contributed by atoms with E-state index in [4.69, 9.17) is 5.73 Å². The summed E-state index contributed by atoms with van der Waals surface area (Å²) in [5, 5.41) is 0. The molecular weight excluding hydrogens is 152 g/mol. The Kier molecular flexibility index (Phi) is 2.87. The molecule has 0 aromatic rings. The zero-order valence-corrected chi connectivity index (χ0v) is 7.71. The van der Waals surface area contributed by atoms with Crippen LogP contribution < -0.4 is 5.73 Å². The zero-order chi connectivity index (χ0) is 9.14. The molecule has 1 saturated heterocycles. The average Bonchev–Trinajstić information content (AvgIpc) is 2.36. The zero-order valence-electron chi connectivity index (χ0n) is 7.71. The van der Waals surface area contributed by atoms with Gasteiger partial charge in [0.25, 0.3) is 0 Å². The maximum Gasteiger partial charge on any atom is 0.244 e. The fourth-order valence-electron chi connectivity index (χ4n) is 1.52. The van der Waals surface area contributed by atoms with Crippen LogP contribution in [0.1, 0.15) is 19.8 Å². The summed E-state index contributed by atoms with van der Waals surface area (Å²) in [6.07, 6.45) is 4.32. The molecule has 1 rings (SSSR count). The second kappa shape index (κ2) is 3.72. The minimum Gasteiger partial charge on any atom is -0.366 e. The summed E-state index contributed by atoms with van der Waals surface area (Å²) in [4.78, 5) is 13.0. The maximum absolute atomic E-state index is 10.7. The van der Waals surface area contributed by atoms with E-state index in [2.05, 4.69) is 11.9 Å². The first-order chi connectivity index (χ1) is 5.61. The number of rotatable bonds is 2. The normalized spacial score (nSPS) is 26.2. The second-order valence-electron chi connectivity index (χ2n) is 3.40. The number of amides is 1. The van der Waals surface area contributed by atoms with Crippen molar-refractivity contribution in [2.24, 2.45) is 5.73 Å². The van der Waals surface area contributed by atoms with Crippen LogP contribution in [0.2, 0.25) is 0 Å². The van der Waals surface area contributed by atoms with Crippen LogP contribution in [0.4, 0.5) is 0 Å². The van der Waals surface area contributed by atoms with E-state index in [0.29, 0.717) is 11.6 Å². The number of hydrogen-bond acceptors (Lipinski definition) is 2. The van der Waals surface area contributed by atoms with E-state index < -0.39 is 0 Å². The Morgan fingerprint density at radius 3 is 2.75 bits per heavy atom. The van der Waals surface area contributed by atoms with Gasteiger partial charge in [-0.2, -0.15) is 0 Å². The number of hydrogen-bond donors (Lipinski definition) is 1. The van der Waals surface area contributed by atoms with Crippen LogP contribution >= 0.6 is 0 Å². The third kappa shape index (κ3) is 2.08. The van der Waals surface area contributed by atoms with Gasteiger partial charge in [-0.05, 0) is 33.4 Å². The minimum absolute atomic E-state index is 0.310. The van der Waals surface area contributed by atoms with Crippen molar-refractivity contribution in [3.63, 3.8) is 0 Å². The highest BCUT2D eigenvalue weighted by atomic mass is 16.1. The monoisotopic (exact) mass is 168 g/mol. The third-order valence-corrected chi connectivity index (χ3v) is 2.41. The lowest BCUT2D eigenvalue weighted by Gasteiger charge is -2.15. The lowest BCUT2D eigenvalue weighted by Crippen LogP contribution is -2.24. The molecule has 1 aliphatic heterocycles. The first kappa shape index (κ1) is 9.26. The fourth-order valence-corrected chi connectivity index (χ4v) is 1.52. The topological polar surface area (TPSA) is 46.3 Å². The molecule has 68 valence electrons. The Labute approximate surface area is 73.2 Å². The molecule has 1 amide bonds. The van der Waals surface area contributed by atoms with Crippen LogP contribution in [-0.2, 0) is 4.79 Å². The highest BCUT2D eigenvalue weighted by Crippen LogP contribution is 2.16. The first-order valence-corrected chi connectivity index (χ1v) is 4.29. The second-order valence-corrected chi connectivity index (χ2v) is 3.40. The van der Waals surface area contributed by atoms with E-state index in [9.17, 15) is 4.79 Å². The first-order valence-electron chi connectivity index (χ1n) is 4.29. The van der Waals surface area contributed by atoms with Gasteiger partial charge in [-0.1, -0.05) is 6.08 Å². The molecule has 1 fully saturated rings. The molecule has 3 heteroatoms. The molecule has 12 heavy (non-hydrogen) atoms. The Bertz CT molecular complexity index is 211. The summed E-state index contributed by atoms with van der Waals surface area (Å²) >= 11 is 0. The predicted octanol–water partition coefficient (Wildman–Crippen LogP) is 0.512. The SMILES string of the molecule is C/C(=C\C1CCCN1C)C(N)=O. The molecule has 0 spiro atoms. The van der Waals surface area contributed by atoms with Crippen LogP contribution in [0.5, 0.6) is 0 Å². The highest BCUT2D eigenvalue weighted by molar-refractivity contribution is 5.91. The number of primary amides is 1. The van der Waals surface area contributed by atoms with Crippen LogP contribution in [0.15, 0.2) is 11.6 Å². The van der Waals surface area contributed by atoms with Crippen LogP contribution in [0, 0.1) is 0 Å². The van der Waals surface area contributed by atoms with Crippen molar-refractivity contribution in [1.82, 2.24) is 4.90 Å². The van der Waals surface area contributed by atoms with Crippen molar-refractivity contribution in [2.45, 2.75) is 25.8 Å². The summed E-state index contributed by atoms with van der Waals surface area (Å²) in [6, 6.07) is 0.414. The van der Waals surface area contributed by atoms with Gasteiger partial charge in [-0.15, -0.1) is 0 Å². The number of carbonyl (C=O) groups is 1. The molecule has 0 aromatic heterocycles. The summed E-state index contributed by atoms with van der Waals surface area (Å²) in [5.41, 5.74) is 5.81. The minimum atomic E-state index is -0.310. The van der Waals surface area contributed by atoms with Gasteiger partial charge in [0.05, 0.1) is 0 Å². The molecular formula is C9H16N2O. The van der Waals surface area contributed by atoms with E-state index in [-0.39, 0.29) is 5.91 Å². The van der Waals surface area contributed by atoms with E-state index in [1.807, 2.05) is 6.08 Å². The van der Waals surface area contributed by atoms with Crippen molar-refractivity contribution >= 4 is 5.91 Å². The quantitative estimate of drug-likeness (QED) is 0.611.